The monoisotopic (exact) mass is 128 g/mol. The molecule has 0 aromatic rings. The van der Waals surface area contributed by atoms with E-state index in [0.29, 0.717) is 12.4 Å². The first-order chi connectivity index (χ1) is 4.20. The van der Waals surface area contributed by atoms with Crippen molar-refractivity contribution < 1.29 is 0 Å². The van der Waals surface area contributed by atoms with E-state index in [1.165, 1.54) is 0 Å². The van der Waals surface area contributed by atoms with Crippen LogP contribution in [0.5, 0.6) is 0 Å². The summed E-state index contributed by atoms with van der Waals surface area (Å²) in [6.45, 7) is 0.625. The zero-order valence-electron chi connectivity index (χ0n) is 5.25. The third-order valence-corrected chi connectivity index (χ3v) is 1.44. The second-order valence-corrected chi connectivity index (χ2v) is 2.37. The minimum absolute atomic E-state index is 0.104. The van der Waals surface area contributed by atoms with Gasteiger partial charge in [0, 0.05) is 6.04 Å². The maximum Gasteiger partial charge on any atom is 0.111 e. The number of aliphatic imine (C=N–C) groups is 1. The van der Waals surface area contributed by atoms with Gasteiger partial charge >= 0.3 is 0 Å². The van der Waals surface area contributed by atoms with Crippen LogP contribution in [0, 0.1) is 0 Å². The molecule has 0 aliphatic carbocycles. The summed E-state index contributed by atoms with van der Waals surface area (Å²) in [6, 6.07) is -0.0129. The summed E-state index contributed by atoms with van der Waals surface area (Å²) in [5, 5.41) is 0. The predicted molar refractivity (Wildman–Crippen MR) is 37.1 cm³/mol. The largest absolute Gasteiger partial charge is 0.386 e. The molecule has 2 atom stereocenters. The van der Waals surface area contributed by atoms with Crippen LogP contribution in [-0.2, 0) is 0 Å². The number of nitrogens with zero attached hydrogens (tertiary/aromatic N) is 1. The first-order valence-electron chi connectivity index (χ1n) is 3.01. The molecule has 2 unspecified atom stereocenters. The molecule has 1 aliphatic rings. The van der Waals surface area contributed by atoms with Crippen LogP contribution < -0.4 is 17.2 Å². The van der Waals surface area contributed by atoms with E-state index in [4.69, 9.17) is 17.2 Å². The topological polar surface area (TPSA) is 90.4 Å². The Morgan fingerprint density at radius 1 is 1.44 bits per heavy atom. The minimum Gasteiger partial charge on any atom is -0.386 e. The van der Waals surface area contributed by atoms with Crippen molar-refractivity contribution in [3.05, 3.63) is 0 Å². The van der Waals surface area contributed by atoms with Gasteiger partial charge in [-0.05, 0) is 6.42 Å². The number of hydrogen-bond acceptors (Lipinski definition) is 4. The maximum atomic E-state index is 5.54. The molecule has 9 heavy (non-hydrogen) atoms. The van der Waals surface area contributed by atoms with E-state index >= 15 is 0 Å². The molecule has 0 fully saturated rings. The van der Waals surface area contributed by atoms with Gasteiger partial charge < -0.3 is 17.2 Å². The maximum absolute atomic E-state index is 5.54. The highest BCUT2D eigenvalue weighted by Crippen LogP contribution is 2.00. The van der Waals surface area contributed by atoms with Gasteiger partial charge in [0.2, 0.25) is 0 Å². The Labute approximate surface area is 54.1 Å². The van der Waals surface area contributed by atoms with E-state index in [9.17, 15) is 0 Å². The number of nitrogens with two attached hydrogens (primary N) is 3. The van der Waals surface area contributed by atoms with E-state index in [0.717, 1.165) is 6.42 Å². The lowest BCUT2D eigenvalue weighted by molar-refractivity contribution is 0.567. The lowest BCUT2D eigenvalue weighted by Crippen LogP contribution is -2.46. The highest BCUT2D eigenvalue weighted by molar-refractivity contribution is 5.86. The SMILES string of the molecule is NC1=NCC(N)CC1N. The lowest BCUT2D eigenvalue weighted by Gasteiger charge is -2.20. The van der Waals surface area contributed by atoms with Gasteiger partial charge in [0.1, 0.15) is 5.84 Å². The van der Waals surface area contributed by atoms with Gasteiger partial charge in [-0.25, -0.2) is 0 Å². The Morgan fingerprint density at radius 2 is 2.11 bits per heavy atom. The number of hydrogen-bond donors (Lipinski definition) is 3. The molecule has 52 valence electrons. The minimum atomic E-state index is -0.117. The van der Waals surface area contributed by atoms with Crippen molar-refractivity contribution in [3.8, 4) is 0 Å². The van der Waals surface area contributed by atoms with E-state index in [1.807, 2.05) is 0 Å². The predicted octanol–water partition coefficient (Wildman–Crippen LogP) is -1.60. The van der Waals surface area contributed by atoms with Crippen LogP contribution in [0.25, 0.3) is 0 Å². The van der Waals surface area contributed by atoms with E-state index in [2.05, 4.69) is 4.99 Å². The van der Waals surface area contributed by atoms with Crippen molar-refractivity contribution in [3.63, 3.8) is 0 Å². The van der Waals surface area contributed by atoms with Crippen molar-refractivity contribution in [1.29, 1.82) is 0 Å². The van der Waals surface area contributed by atoms with Crippen molar-refractivity contribution in [2.45, 2.75) is 18.5 Å². The molecule has 6 N–H and O–H groups in total. The zero-order valence-corrected chi connectivity index (χ0v) is 5.25. The fourth-order valence-electron chi connectivity index (χ4n) is 0.861. The Kier molecular flexibility index (Phi) is 1.68. The summed E-state index contributed by atoms with van der Waals surface area (Å²) in [6.07, 6.45) is 0.759. The summed E-state index contributed by atoms with van der Waals surface area (Å²) in [4.78, 5) is 3.94. The van der Waals surface area contributed by atoms with Crippen LogP contribution in [0.2, 0.25) is 0 Å². The van der Waals surface area contributed by atoms with Crippen LogP contribution in [0.1, 0.15) is 6.42 Å². The molecule has 1 aliphatic heterocycles. The van der Waals surface area contributed by atoms with Crippen LogP contribution >= 0.6 is 0 Å². The Bertz CT molecular complexity index is 131. The summed E-state index contributed by atoms with van der Waals surface area (Å²) in [5.74, 6) is 0.539. The van der Waals surface area contributed by atoms with Crippen LogP contribution in [0.15, 0.2) is 4.99 Å². The van der Waals surface area contributed by atoms with Crippen LogP contribution in [0.3, 0.4) is 0 Å². The summed E-state index contributed by atoms with van der Waals surface area (Å²) >= 11 is 0. The number of rotatable bonds is 0. The van der Waals surface area contributed by atoms with Gasteiger partial charge in [-0.3, -0.25) is 4.99 Å². The molecule has 1 rings (SSSR count). The molecule has 0 bridgehead atoms. The Hall–Kier alpha value is -0.610. The van der Waals surface area contributed by atoms with E-state index in [1.54, 1.807) is 0 Å². The third kappa shape index (κ3) is 1.40. The van der Waals surface area contributed by atoms with Gasteiger partial charge in [-0.2, -0.15) is 0 Å². The van der Waals surface area contributed by atoms with Crippen LogP contribution in [0.4, 0.5) is 0 Å². The molecule has 4 heteroatoms. The van der Waals surface area contributed by atoms with E-state index in [-0.39, 0.29) is 12.1 Å². The molecular weight excluding hydrogens is 116 g/mol. The molecule has 0 aromatic carbocycles. The fraction of sp³-hybridized carbons (Fsp3) is 0.800. The first-order valence-corrected chi connectivity index (χ1v) is 3.01. The quantitative estimate of drug-likeness (QED) is 0.367. The molecule has 0 radical (unpaired) electrons. The van der Waals surface area contributed by atoms with Gasteiger partial charge in [0.05, 0.1) is 12.6 Å². The average Bonchev–Trinajstić information content (AvgIpc) is 1.80. The van der Waals surface area contributed by atoms with Crippen molar-refractivity contribution >= 4 is 5.84 Å². The van der Waals surface area contributed by atoms with Crippen LogP contribution in [-0.4, -0.2) is 24.5 Å². The molecule has 0 spiro atoms. The fourth-order valence-corrected chi connectivity index (χ4v) is 0.861. The molecule has 1 heterocycles. The van der Waals surface area contributed by atoms with E-state index < -0.39 is 0 Å². The molecule has 4 nitrogen and oxygen atoms in total. The average molecular weight is 128 g/mol. The van der Waals surface area contributed by atoms with Gasteiger partial charge in [-0.15, -0.1) is 0 Å². The Morgan fingerprint density at radius 3 is 2.56 bits per heavy atom. The second-order valence-electron chi connectivity index (χ2n) is 2.37. The Balaban J connectivity index is 2.56. The molecule has 0 saturated heterocycles. The highest BCUT2D eigenvalue weighted by atomic mass is 15.0. The normalized spacial score (nSPS) is 36.0. The van der Waals surface area contributed by atoms with Crippen molar-refractivity contribution in [2.24, 2.45) is 22.2 Å². The first kappa shape index (κ1) is 6.51. The highest BCUT2D eigenvalue weighted by Gasteiger charge is 2.16. The van der Waals surface area contributed by atoms with Crippen molar-refractivity contribution in [1.82, 2.24) is 0 Å². The lowest BCUT2D eigenvalue weighted by atomic mass is 10.1. The zero-order chi connectivity index (χ0) is 6.85. The summed E-state index contributed by atoms with van der Waals surface area (Å²) in [7, 11) is 0. The molecule has 0 aromatic heterocycles. The van der Waals surface area contributed by atoms with Gasteiger partial charge in [-0.1, -0.05) is 0 Å². The van der Waals surface area contributed by atoms with Gasteiger partial charge in [0.15, 0.2) is 0 Å². The van der Waals surface area contributed by atoms with Gasteiger partial charge in [0.25, 0.3) is 0 Å². The summed E-state index contributed by atoms with van der Waals surface area (Å²) in [5.41, 5.74) is 16.5. The number of amidine groups is 1. The second kappa shape index (κ2) is 2.33. The molecule has 0 saturated carbocycles. The summed E-state index contributed by atoms with van der Waals surface area (Å²) < 4.78 is 0. The third-order valence-electron chi connectivity index (χ3n) is 1.44. The molecular formula is C5H12N4. The smallest absolute Gasteiger partial charge is 0.111 e. The molecule has 0 amide bonds. The standard InChI is InChI=1S/C5H12N4/c6-3-1-4(7)5(8)9-2-3/h3-4H,1-2,6-7H2,(H2,8,9). The van der Waals surface area contributed by atoms with Crippen molar-refractivity contribution in [2.75, 3.05) is 6.54 Å².